The number of benzene rings is 1. The van der Waals surface area contributed by atoms with Crippen LogP contribution in [0, 0.1) is 6.92 Å². The number of nitrogens with one attached hydrogen (secondary N) is 1. The zero-order valence-electron chi connectivity index (χ0n) is 14.0. The van der Waals surface area contributed by atoms with E-state index < -0.39 is 6.29 Å². The molecule has 3 aromatic heterocycles. The molecule has 11 heteroatoms. The highest BCUT2D eigenvalue weighted by atomic mass is 35.5. The molecule has 9 nitrogen and oxygen atoms in total. The van der Waals surface area contributed by atoms with E-state index >= 15 is 0 Å². The molecule has 27 heavy (non-hydrogen) atoms. The van der Waals surface area contributed by atoms with Crippen LogP contribution in [-0.4, -0.2) is 39.2 Å². The van der Waals surface area contributed by atoms with Gasteiger partial charge in [-0.3, -0.25) is 4.90 Å². The van der Waals surface area contributed by atoms with E-state index in [0.717, 1.165) is 11.2 Å². The average Bonchev–Trinajstić information content (AvgIpc) is 3.44. The highest BCUT2D eigenvalue weighted by Crippen LogP contribution is 2.46. The lowest BCUT2D eigenvalue weighted by atomic mass is 10.2. The number of para-hydroxylation sites is 1. The van der Waals surface area contributed by atoms with Crippen molar-refractivity contribution in [1.82, 2.24) is 39.2 Å². The summed E-state index contributed by atoms with van der Waals surface area (Å²) in [6, 6.07) is 9.56. The molecule has 1 aliphatic heterocycles. The second-order valence-electron chi connectivity index (χ2n) is 5.95. The second-order valence-corrected chi connectivity index (χ2v) is 6.67. The largest absolute Gasteiger partial charge is 0.307 e. The minimum Gasteiger partial charge on any atom is -0.307 e. The number of aromatic nitrogens is 7. The minimum atomic E-state index is -0.568. The van der Waals surface area contributed by atoms with Crippen molar-refractivity contribution in [1.29, 1.82) is 0 Å². The van der Waals surface area contributed by atoms with Crippen LogP contribution in [0.5, 0.6) is 0 Å². The molecule has 1 aromatic carbocycles. The normalized spacial score (nSPS) is 17.5. The fraction of sp³-hybridized carbons (Fsp3) is 0.125. The van der Waals surface area contributed by atoms with Gasteiger partial charge in [-0.05, 0) is 31.2 Å². The Kier molecular flexibility index (Phi) is 3.59. The number of halogens is 2. The molecule has 0 fully saturated rings. The van der Waals surface area contributed by atoms with Crippen molar-refractivity contribution in [3.05, 3.63) is 60.0 Å². The van der Waals surface area contributed by atoms with Crippen molar-refractivity contribution in [3.63, 3.8) is 0 Å². The van der Waals surface area contributed by atoms with Gasteiger partial charge in [0.25, 0.3) is 0 Å². The Balaban J connectivity index is 1.78. The summed E-state index contributed by atoms with van der Waals surface area (Å²) in [6.45, 7) is 1.86. The standard InChI is InChI=1S/C16H13Cl2N9/c1-10-19-9-20-27(10)16-25(12-6-4-5-11-13(12)22-23-21-11)15(14(17)26(16)18)24-7-2-3-8-24/h2-9,16H,1H3,(H,21,22,23). The lowest BCUT2D eigenvalue weighted by Crippen LogP contribution is -2.35. The van der Waals surface area contributed by atoms with Crippen LogP contribution in [0.1, 0.15) is 12.1 Å². The topological polar surface area (TPSA) is 83.7 Å². The first-order valence-electron chi connectivity index (χ1n) is 8.10. The van der Waals surface area contributed by atoms with Crippen LogP contribution in [-0.2, 0) is 0 Å². The van der Waals surface area contributed by atoms with Crippen LogP contribution in [0.25, 0.3) is 16.9 Å². The minimum absolute atomic E-state index is 0.355. The first kappa shape index (κ1) is 16.2. The molecule has 4 heterocycles. The summed E-state index contributed by atoms with van der Waals surface area (Å²) in [5.41, 5.74) is 2.21. The smallest absolute Gasteiger partial charge is 0.223 e. The Morgan fingerprint density at radius 3 is 2.67 bits per heavy atom. The van der Waals surface area contributed by atoms with Crippen LogP contribution in [0.2, 0.25) is 0 Å². The molecule has 0 aliphatic carbocycles. The van der Waals surface area contributed by atoms with Gasteiger partial charge in [-0.15, -0.1) is 0 Å². The van der Waals surface area contributed by atoms with E-state index in [0.29, 0.717) is 22.3 Å². The Morgan fingerprint density at radius 2 is 1.93 bits per heavy atom. The molecule has 1 N–H and O–H groups in total. The predicted molar refractivity (Wildman–Crippen MR) is 101 cm³/mol. The fourth-order valence-corrected chi connectivity index (χ4v) is 3.76. The van der Waals surface area contributed by atoms with Crippen molar-refractivity contribution in [3.8, 4) is 0 Å². The Morgan fingerprint density at radius 1 is 1.11 bits per heavy atom. The zero-order chi connectivity index (χ0) is 18.5. The molecule has 0 spiro atoms. The van der Waals surface area contributed by atoms with Crippen LogP contribution in [0.15, 0.2) is 54.2 Å². The third kappa shape index (κ3) is 2.32. The van der Waals surface area contributed by atoms with Gasteiger partial charge in [0.1, 0.15) is 23.2 Å². The number of anilines is 1. The van der Waals surface area contributed by atoms with Crippen LogP contribution < -0.4 is 4.90 Å². The van der Waals surface area contributed by atoms with Crippen molar-refractivity contribution in [2.45, 2.75) is 13.2 Å². The molecule has 1 aliphatic rings. The average molecular weight is 402 g/mol. The molecule has 0 amide bonds. The van der Waals surface area contributed by atoms with Gasteiger partial charge in [0.2, 0.25) is 6.29 Å². The maximum atomic E-state index is 6.66. The van der Waals surface area contributed by atoms with Gasteiger partial charge >= 0.3 is 0 Å². The molecule has 0 saturated heterocycles. The van der Waals surface area contributed by atoms with Gasteiger partial charge in [0.05, 0.1) is 5.69 Å². The van der Waals surface area contributed by atoms with E-state index in [1.807, 2.05) is 59.1 Å². The molecule has 0 saturated carbocycles. The third-order valence-electron chi connectivity index (χ3n) is 4.44. The molecule has 5 rings (SSSR count). The summed E-state index contributed by atoms with van der Waals surface area (Å²) in [6.07, 6.45) is 4.71. The highest BCUT2D eigenvalue weighted by Gasteiger charge is 2.42. The number of aryl methyl sites for hydroxylation is 1. The third-order valence-corrected chi connectivity index (χ3v) is 5.22. The van der Waals surface area contributed by atoms with Crippen LogP contribution in [0.3, 0.4) is 0 Å². The second kappa shape index (κ2) is 6.00. The molecule has 136 valence electrons. The van der Waals surface area contributed by atoms with E-state index in [2.05, 4.69) is 25.5 Å². The molecular formula is C16H13Cl2N9. The van der Waals surface area contributed by atoms with Crippen LogP contribution >= 0.6 is 23.4 Å². The molecule has 0 bridgehead atoms. The summed E-state index contributed by atoms with van der Waals surface area (Å²) in [5.74, 6) is 1.37. The number of fused-ring (bicyclic) bond motifs is 1. The Hall–Kier alpha value is -3.04. The lowest BCUT2D eigenvalue weighted by molar-refractivity contribution is 0.314. The Labute approximate surface area is 163 Å². The first-order chi connectivity index (χ1) is 13.2. The van der Waals surface area contributed by atoms with Crippen molar-refractivity contribution in [2.24, 2.45) is 0 Å². The number of rotatable bonds is 3. The van der Waals surface area contributed by atoms with E-state index in [1.165, 1.54) is 10.7 Å². The van der Waals surface area contributed by atoms with E-state index in [1.54, 1.807) is 4.68 Å². The molecular weight excluding hydrogens is 389 g/mol. The summed E-state index contributed by atoms with van der Waals surface area (Å²) >= 11 is 13.3. The van der Waals surface area contributed by atoms with Gasteiger partial charge < -0.3 is 4.57 Å². The number of nitrogens with zero attached hydrogens (tertiary/aromatic N) is 8. The number of hydrogen-bond acceptors (Lipinski definition) is 6. The van der Waals surface area contributed by atoms with Crippen molar-refractivity contribution >= 4 is 45.9 Å². The van der Waals surface area contributed by atoms with Crippen molar-refractivity contribution in [2.75, 3.05) is 4.90 Å². The highest BCUT2D eigenvalue weighted by molar-refractivity contribution is 6.36. The van der Waals surface area contributed by atoms with Gasteiger partial charge in [0.15, 0.2) is 11.0 Å². The molecule has 4 aromatic rings. The van der Waals surface area contributed by atoms with Gasteiger partial charge in [0, 0.05) is 24.2 Å². The maximum absolute atomic E-state index is 6.66. The van der Waals surface area contributed by atoms with Gasteiger partial charge in [-0.1, -0.05) is 17.7 Å². The summed E-state index contributed by atoms with van der Waals surface area (Å²) in [4.78, 5) is 6.19. The van der Waals surface area contributed by atoms with E-state index in [-0.39, 0.29) is 0 Å². The molecule has 1 atom stereocenters. The summed E-state index contributed by atoms with van der Waals surface area (Å²) in [7, 11) is 0. The van der Waals surface area contributed by atoms with Gasteiger partial charge in [-0.25, -0.2) is 14.1 Å². The maximum Gasteiger partial charge on any atom is 0.223 e. The zero-order valence-corrected chi connectivity index (χ0v) is 15.5. The van der Waals surface area contributed by atoms with Crippen LogP contribution in [0.4, 0.5) is 5.69 Å². The van der Waals surface area contributed by atoms with Gasteiger partial charge in [-0.2, -0.15) is 20.5 Å². The van der Waals surface area contributed by atoms with E-state index in [9.17, 15) is 0 Å². The number of aromatic amines is 1. The number of hydrogen-bond donors (Lipinski definition) is 1. The van der Waals surface area contributed by atoms with Crippen molar-refractivity contribution < 1.29 is 0 Å². The van der Waals surface area contributed by atoms with E-state index in [4.69, 9.17) is 23.4 Å². The molecule has 1 unspecified atom stereocenters. The Bertz CT molecular complexity index is 1140. The summed E-state index contributed by atoms with van der Waals surface area (Å²) in [5, 5.41) is 15.9. The monoisotopic (exact) mass is 401 g/mol. The number of H-pyrrole nitrogens is 1. The lowest BCUT2D eigenvalue weighted by Gasteiger charge is -2.31. The fourth-order valence-electron chi connectivity index (χ4n) is 3.24. The molecule has 0 radical (unpaired) electrons. The predicted octanol–water partition coefficient (Wildman–Crippen LogP) is 3.11. The first-order valence-corrected chi connectivity index (χ1v) is 8.81. The quantitative estimate of drug-likeness (QED) is 0.419. The summed E-state index contributed by atoms with van der Waals surface area (Å²) < 4.78 is 5.02. The SMILES string of the molecule is Cc1ncnn1C1N(Cl)C(Cl)=C(n2cccc2)N1c1cccc2n[nH]nc12.